The first-order chi connectivity index (χ1) is 8.58. The SMILES string of the molecule is O=C1CCC(NC(=O)c2ccc[nH]c2=O)C(O)N1. The molecule has 1 aromatic rings. The Morgan fingerprint density at radius 1 is 1.44 bits per heavy atom. The number of hydrogen-bond donors (Lipinski definition) is 4. The third-order valence-corrected chi connectivity index (χ3v) is 2.75. The van der Waals surface area contributed by atoms with E-state index in [1.807, 2.05) is 0 Å². The Morgan fingerprint density at radius 3 is 2.89 bits per heavy atom. The molecule has 2 atom stereocenters. The van der Waals surface area contributed by atoms with Crippen LogP contribution in [0, 0.1) is 0 Å². The number of aromatic amines is 1. The topological polar surface area (TPSA) is 111 Å². The summed E-state index contributed by atoms with van der Waals surface area (Å²) in [6.45, 7) is 0. The Labute approximate surface area is 102 Å². The molecule has 1 fully saturated rings. The lowest BCUT2D eigenvalue weighted by atomic mass is 10.0. The highest BCUT2D eigenvalue weighted by atomic mass is 16.3. The maximum atomic E-state index is 11.8. The van der Waals surface area contributed by atoms with E-state index in [1.54, 1.807) is 0 Å². The van der Waals surface area contributed by atoms with Gasteiger partial charge in [-0.3, -0.25) is 14.4 Å². The number of H-pyrrole nitrogens is 1. The number of nitrogens with one attached hydrogen (secondary N) is 3. The Kier molecular flexibility index (Phi) is 3.42. The molecule has 0 saturated carbocycles. The van der Waals surface area contributed by atoms with Crippen molar-refractivity contribution >= 4 is 11.8 Å². The monoisotopic (exact) mass is 251 g/mol. The summed E-state index contributed by atoms with van der Waals surface area (Å²) >= 11 is 0. The van der Waals surface area contributed by atoms with Gasteiger partial charge in [0.2, 0.25) is 5.91 Å². The van der Waals surface area contributed by atoms with Crippen molar-refractivity contribution in [1.82, 2.24) is 15.6 Å². The minimum atomic E-state index is -1.13. The van der Waals surface area contributed by atoms with Crippen LogP contribution in [0.25, 0.3) is 0 Å². The van der Waals surface area contributed by atoms with Crippen molar-refractivity contribution in [3.8, 4) is 0 Å². The third-order valence-electron chi connectivity index (χ3n) is 2.75. The molecule has 1 aliphatic heterocycles. The van der Waals surface area contributed by atoms with Gasteiger partial charge < -0.3 is 20.7 Å². The van der Waals surface area contributed by atoms with Gasteiger partial charge in [-0.05, 0) is 18.6 Å². The third kappa shape index (κ3) is 2.57. The lowest BCUT2D eigenvalue weighted by molar-refractivity contribution is -0.127. The van der Waals surface area contributed by atoms with Crippen LogP contribution in [0.15, 0.2) is 23.1 Å². The molecule has 0 aromatic carbocycles. The van der Waals surface area contributed by atoms with E-state index in [1.165, 1.54) is 18.3 Å². The second kappa shape index (κ2) is 5.01. The Balaban J connectivity index is 2.06. The van der Waals surface area contributed by atoms with E-state index in [0.29, 0.717) is 6.42 Å². The molecule has 1 aromatic heterocycles. The number of aliphatic hydroxyl groups excluding tert-OH is 1. The summed E-state index contributed by atoms with van der Waals surface area (Å²) in [4.78, 5) is 36.6. The molecule has 7 heteroatoms. The molecule has 2 heterocycles. The average molecular weight is 251 g/mol. The number of carbonyl (C=O) groups is 2. The molecule has 0 spiro atoms. The summed E-state index contributed by atoms with van der Waals surface area (Å²) in [5, 5.41) is 14.4. The normalized spacial score (nSPS) is 23.3. The maximum absolute atomic E-state index is 11.8. The number of piperidine rings is 1. The van der Waals surface area contributed by atoms with Gasteiger partial charge in [-0.2, -0.15) is 0 Å². The highest BCUT2D eigenvalue weighted by Crippen LogP contribution is 2.08. The zero-order valence-corrected chi connectivity index (χ0v) is 9.47. The molecule has 7 nitrogen and oxygen atoms in total. The van der Waals surface area contributed by atoms with Gasteiger partial charge in [-0.15, -0.1) is 0 Å². The lowest BCUT2D eigenvalue weighted by Crippen LogP contribution is -2.55. The van der Waals surface area contributed by atoms with Gasteiger partial charge >= 0.3 is 0 Å². The fraction of sp³-hybridized carbons (Fsp3) is 0.364. The van der Waals surface area contributed by atoms with Gasteiger partial charge in [-0.25, -0.2) is 0 Å². The van der Waals surface area contributed by atoms with Crippen LogP contribution in [0.1, 0.15) is 23.2 Å². The minimum Gasteiger partial charge on any atom is -0.372 e. The van der Waals surface area contributed by atoms with Crippen molar-refractivity contribution in [1.29, 1.82) is 0 Å². The maximum Gasteiger partial charge on any atom is 0.260 e. The molecule has 96 valence electrons. The molecule has 4 N–H and O–H groups in total. The number of aliphatic hydroxyl groups is 1. The number of pyridine rings is 1. The van der Waals surface area contributed by atoms with Gasteiger partial charge in [0, 0.05) is 12.6 Å². The molecule has 2 unspecified atom stereocenters. The molecule has 2 amide bonds. The Morgan fingerprint density at radius 2 is 2.22 bits per heavy atom. The molecule has 2 rings (SSSR count). The van der Waals surface area contributed by atoms with Crippen LogP contribution in [0.5, 0.6) is 0 Å². The van der Waals surface area contributed by atoms with E-state index in [0.717, 1.165) is 0 Å². The van der Waals surface area contributed by atoms with Crippen molar-refractivity contribution in [2.75, 3.05) is 0 Å². The second-order valence-corrected chi connectivity index (χ2v) is 4.04. The van der Waals surface area contributed by atoms with E-state index in [9.17, 15) is 19.5 Å². The first-order valence-electron chi connectivity index (χ1n) is 5.54. The Bertz CT molecular complexity index is 525. The van der Waals surface area contributed by atoms with Crippen LogP contribution in [0.3, 0.4) is 0 Å². The van der Waals surface area contributed by atoms with Gasteiger partial charge in [-0.1, -0.05) is 0 Å². The smallest absolute Gasteiger partial charge is 0.260 e. The zero-order valence-electron chi connectivity index (χ0n) is 9.47. The van der Waals surface area contributed by atoms with Gasteiger partial charge in [0.25, 0.3) is 11.5 Å². The first-order valence-corrected chi connectivity index (χ1v) is 5.54. The predicted molar refractivity (Wildman–Crippen MR) is 61.7 cm³/mol. The summed E-state index contributed by atoms with van der Waals surface area (Å²) < 4.78 is 0. The average Bonchev–Trinajstić information content (AvgIpc) is 2.33. The predicted octanol–water partition coefficient (Wildman–Crippen LogP) is -1.30. The molecule has 18 heavy (non-hydrogen) atoms. The number of carbonyl (C=O) groups excluding carboxylic acids is 2. The number of rotatable bonds is 2. The van der Waals surface area contributed by atoms with Gasteiger partial charge in [0.15, 0.2) is 0 Å². The van der Waals surface area contributed by atoms with Gasteiger partial charge in [0.05, 0.1) is 6.04 Å². The zero-order chi connectivity index (χ0) is 13.1. The van der Waals surface area contributed by atoms with Crippen LogP contribution in [0.2, 0.25) is 0 Å². The molecule has 0 aliphatic carbocycles. The molecule has 0 bridgehead atoms. The van der Waals surface area contributed by atoms with Crippen molar-refractivity contribution in [3.63, 3.8) is 0 Å². The Hall–Kier alpha value is -2.15. The number of aromatic nitrogens is 1. The summed E-state index contributed by atoms with van der Waals surface area (Å²) in [6.07, 6.45) is 0.865. The van der Waals surface area contributed by atoms with Crippen molar-refractivity contribution in [2.45, 2.75) is 25.1 Å². The second-order valence-electron chi connectivity index (χ2n) is 4.04. The van der Waals surface area contributed by atoms with Crippen LogP contribution in [-0.4, -0.2) is 34.2 Å². The highest BCUT2D eigenvalue weighted by Gasteiger charge is 2.28. The molecule has 1 saturated heterocycles. The minimum absolute atomic E-state index is 0.0263. The standard InChI is InChI=1S/C11H13N3O4/c15-8-4-3-7(11(18)14-8)13-10(17)6-2-1-5-12-9(6)16/h1-2,5,7,11,18H,3-4H2,(H,12,16)(H,13,17)(H,14,15). The van der Waals surface area contributed by atoms with Gasteiger partial charge in [0.1, 0.15) is 11.8 Å². The van der Waals surface area contributed by atoms with E-state index in [4.69, 9.17) is 0 Å². The number of amides is 2. The number of hydrogen-bond acceptors (Lipinski definition) is 4. The lowest BCUT2D eigenvalue weighted by Gasteiger charge is -2.28. The fourth-order valence-electron chi connectivity index (χ4n) is 1.78. The van der Waals surface area contributed by atoms with Crippen molar-refractivity contribution in [3.05, 3.63) is 34.2 Å². The van der Waals surface area contributed by atoms with Crippen molar-refractivity contribution < 1.29 is 14.7 Å². The highest BCUT2D eigenvalue weighted by molar-refractivity contribution is 5.94. The van der Waals surface area contributed by atoms with E-state index in [-0.39, 0.29) is 17.9 Å². The summed E-state index contributed by atoms with van der Waals surface area (Å²) in [7, 11) is 0. The van der Waals surface area contributed by atoms with Crippen LogP contribution >= 0.6 is 0 Å². The summed E-state index contributed by atoms with van der Waals surface area (Å²) in [5.41, 5.74) is -0.522. The fourth-order valence-corrected chi connectivity index (χ4v) is 1.78. The van der Waals surface area contributed by atoms with Crippen LogP contribution in [-0.2, 0) is 4.79 Å². The summed E-state index contributed by atoms with van der Waals surface area (Å²) in [6, 6.07) is 2.34. The first kappa shape index (κ1) is 12.3. The van der Waals surface area contributed by atoms with Crippen molar-refractivity contribution in [2.24, 2.45) is 0 Å². The van der Waals surface area contributed by atoms with E-state index in [2.05, 4.69) is 15.6 Å². The van der Waals surface area contributed by atoms with E-state index >= 15 is 0 Å². The molecule has 1 aliphatic rings. The van der Waals surface area contributed by atoms with E-state index < -0.39 is 23.7 Å². The molecular formula is C11H13N3O4. The molecular weight excluding hydrogens is 238 g/mol. The molecule has 0 radical (unpaired) electrons. The quantitative estimate of drug-likeness (QED) is 0.523. The van der Waals surface area contributed by atoms with Crippen LogP contribution < -0.4 is 16.2 Å². The largest absolute Gasteiger partial charge is 0.372 e. The van der Waals surface area contributed by atoms with Crippen LogP contribution in [0.4, 0.5) is 0 Å². The summed E-state index contributed by atoms with van der Waals surface area (Å²) in [5.74, 6) is -0.831.